The van der Waals surface area contributed by atoms with Gasteiger partial charge in [0, 0.05) is 32.8 Å². The van der Waals surface area contributed by atoms with E-state index in [-0.39, 0.29) is 24.1 Å². The van der Waals surface area contributed by atoms with Gasteiger partial charge in [0.2, 0.25) is 5.91 Å². The number of nitrogens with zero attached hydrogens (tertiary/aromatic N) is 2. The summed E-state index contributed by atoms with van der Waals surface area (Å²) in [6, 6.07) is 3.40. The molecule has 0 aromatic carbocycles. The minimum absolute atomic E-state index is 0.0253. The van der Waals surface area contributed by atoms with Crippen molar-refractivity contribution >= 4 is 11.9 Å². The van der Waals surface area contributed by atoms with Gasteiger partial charge in [0.25, 0.3) is 0 Å². The third kappa shape index (κ3) is 3.82. The fourth-order valence-corrected chi connectivity index (χ4v) is 2.80. The van der Waals surface area contributed by atoms with Gasteiger partial charge in [-0.2, -0.15) is 0 Å². The highest BCUT2D eigenvalue weighted by Crippen LogP contribution is 2.20. The Morgan fingerprint density at radius 1 is 1.50 bits per heavy atom. The van der Waals surface area contributed by atoms with Gasteiger partial charge in [-0.1, -0.05) is 13.0 Å². The van der Waals surface area contributed by atoms with Crippen molar-refractivity contribution in [3.8, 4) is 0 Å². The molecule has 1 fully saturated rings. The number of ether oxygens (including phenoxy) is 1. The number of hydrogen-bond acceptors (Lipinski definition) is 4. The van der Waals surface area contributed by atoms with Crippen LogP contribution in [0.1, 0.15) is 35.8 Å². The van der Waals surface area contributed by atoms with Gasteiger partial charge < -0.3 is 14.7 Å². The molecule has 0 bridgehead atoms. The van der Waals surface area contributed by atoms with E-state index < -0.39 is 5.97 Å². The zero-order valence-corrected chi connectivity index (χ0v) is 13.0. The Kier molecular flexibility index (Phi) is 5.49. The maximum Gasteiger partial charge on any atom is 0.354 e. The normalized spacial score (nSPS) is 21.6. The van der Waals surface area contributed by atoms with Gasteiger partial charge in [0.05, 0.1) is 6.10 Å². The van der Waals surface area contributed by atoms with Crippen molar-refractivity contribution in [2.75, 3.05) is 20.2 Å². The van der Waals surface area contributed by atoms with Crippen molar-refractivity contribution in [1.82, 2.24) is 9.88 Å². The lowest BCUT2D eigenvalue weighted by Gasteiger charge is -2.36. The number of hydrogen-bond donors (Lipinski definition) is 1. The SMILES string of the molecule is CO[C@@H]1CN(C(=O)CCc2cccnc2C(=O)O)CC[C@H]1C. The van der Waals surface area contributed by atoms with Crippen LogP contribution in [0.15, 0.2) is 18.3 Å². The lowest BCUT2D eigenvalue weighted by atomic mass is 9.95. The number of likely N-dealkylation sites (tertiary alicyclic amines) is 1. The summed E-state index contributed by atoms with van der Waals surface area (Å²) in [6.07, 6.45) is 3.13. The molecule has 2 heterocycles. The lowest BCUT2D eigenvalue weighted by Crippen LogP contribution is -2.46. The van der Waals surface area contributed by atoms with Crippen LogP contribution >= 0.6 is 0 Å². The smallest absolute Gasteiger partial charge is 0.354 e. The van der Waals surface area contributed by atoms with E-state index in [1.165, 1.54) is 6.20 Å². The number of aryl methyl sites for hydroxylation is 1. The Balaban J connectivity index is 1.95. The van der Waals surface area contributed by atoms with Gasteiger partial charge in [-0.25, -0.2) is 9.78 Å². The van der Waals surface area contributed by atoms with Crippen molar-refractivity contribution in [2.45, 2.75) is 32.3 Å². The van der Waals surface area contributed by atoms with Crippen molar-refractivity contribution in [2.24, 2.45) is 5.92 Å². The Bertz CT molecular complexity index is 547. The minimum Gasteiger partial charge on any atom is -0.477 e. The second-order valence-corrected chi connectivity index (χ2v) is 5.70. The number of rotatable bonds is 5. The first-order valence-corrected chi connectivity index (χ1v) is 7.50. The Labute approximate surface area is 130 Å². The second kappa shape index (κ2) is 7.35. The standard InChI is InChI=1S/C16H22N2O4/c1-11-7-9-18(10-13(11)22-2)14(19)6-5-12-4-3-8-17-15(12)16(20)21/h3-4,8,11,13H,5-7,9-10H2,1-2H3,(H,20,21)/t11-,13-/m1/s1. The molecule has 1 aromatic heterocycles. The molecule has 2 rings (SSSR count). The summed E-state index contributed by atoms with van der Waals surface area (Å²) in [6.45, 7) is 3.47. The van der Waals surface area contributed by atoms with Crippen LogP contribution in [-0.2, 0) is 16.0 Å². The molecule has 120 valence electrons. The fourth-order valence-electron chi connectivity index (χ4n) is 2.80. The maximum atomic E-state index is 12.3. The van der Waals surface area contributed by atoms with Gasteiger partial charge in [-0.3, -0.25) is 4.79 Å². The first-order valence-electron chi connectivity index (χ1n) is 7.50. The van der Waals surface area contributed by atoms with E-state index >= 15 is 0 Å². The van der Waals surface area contributed by atoms with Crippen molar-refractivity contribution in [3.63, 3.8) is 0 Å². The van der Waals surface area contributed by atoms with Crippen LogP contribution in [-0.4, -0.2) is 53.2 Å². The average molecular weight is 306 g/mol. The Morgan fingerprint density at radius 3 is 2.95 bits per heavy atom. The van der Waals surface area contributed by atoms with Crippen molar-refractivity contribution < 1.29 is 19.4 Å². The molecule has 1 amide bonds. The number of carbonyl (C=O) groups excluding carboxylic acids is 1. The van der Waals surface area contributed by atoms with Gasteiger partial charge in [-0.05, 0) is 30.4 Å². The van der Waals surface area contributed by atoms with E-state index in [4.69, 9.17) is 9.84 Å². The number of methoxy groups -OCH3 is 1. The highest BCUT2D eigenvalue weighted by Gasteiger charge is 2.28. The summed E-state index contributed by atoms with van der Waals surface area (Å²) in [5.41, 5.74) is 0.620. The quantitative estimate of drug-likeness (QED) is 0.893. The summed E-state index contributed by atoms with van der Waals surface area (Å²) in [5, 5.41) is 9.10. The Morgan fingerprint density at radius 2 is 2.27 bits per heavy atom. The number of carbonyl (C=O) groups is 2. The Hall–Kier alpha value is -1.95. The van der Waals surface area contributed by atoms with E-state index in [9.17, 15) is 9.59 Å². The molecule has 0 aliphatic carbocycles. The van der Waals surface area contributed by atoms with Crippen molar-refractivity contribution in [3.05, 3.63) is 29.6 Å². The largest absolute Gasteiger partial charge is 0.477 e. The maximum absolute atomic E-state index is 12.3. The van der Waals surface area contributed by atoms with E-state index in [1.807, 2.05) is 4.90 Å². The van der Waals surface area contributed by atoms with E-state index in [2.05, 4.69) is 11.9 Å². The number of piperidine rings is 1. The third-order valence-corrected chi connectivity index (χ3v) is 4.25. The average Bonchev–Trinajstić information content (AvgIpc) is 2.53. The number of carboxylic acids is 1. The number of aromatic carboxylic acids is 1. The van der Waals surface area contributed by atoms with Gasteiger partial charge in [-0.15, -0.1) is 0 Å². The zero-order chi connectivity index (χ0) is 16.1. The van der Waals surface area contributed by atoms with E-state index in [1.54, 1.807) is 19.2 Å². The van der Waals surface area contributed by atoms with Crippen LogP contribution in [0.3, 0.4) is 0 Å². The molecule has 6 heteroatoms. The van der Waals surface area contributed by atoms with E-state index in [0.717, 1.165) is 13.0 Å². The lowest BCUT2D eigenvalue weighted by molar-refractivity contribution is -0.136. The van der Waals surface area contributed by atoms with Crippen molar-refractivity contribution in [1.29, 1.82) is 0 Å². The highest BCUT2D eigenvalue weighted by molar-refractivity contribution is 5.87. The molecule has 22 heavy (non-hydrogen) atoms. The zero-order valence-electron chi connectivity index (χ0n) is 13.0. The molecule has 0 radical (unpaired) electrons. The fraction of sp³-hybridized carbons (Fsp3) is 0.562. The van der Waals surface area contributed by atoms with Crippen LogP contribution in [0.5, 0.6) is 0 Å². The molecule has 2 atom stereocenters. The molecule has 1 aliphatic rings. The topological polar surface area (TPSA) is 79.7 Å². The predicted molar refractivity (Wildman–Crippen MR) is 80.7 cm³/mol. The van der Waals surface area contributed by atoms with Crippen LogP contribution in [0, 0.1) is 5.92 Å². The highest BCUT2D eigenvalue weighted by atomic mass is 16.5. The molecular weight excluding hydrogens is 284 g/mol. The van der Waals surface area contributed by atoms with Gasteiger partial charge in [0.15, 0.2) is 5.69 Å². The monoisotopic (exact) mass is 306 g/mol. The summed E-state index contributed by atoms with van der Waals surface area (Å²) in [4.78, 5) is 29.1. The summed E-state index contributed by atoms with van der Waals surface area (Å²) in [7, 11) is 1.67. The summed E-state index contributed by atoms with van der Waals surface area (Å²) < 4.78 is 5.42. The molecule has 0 unspecified atom stereocenters. The van der Waals surface area contributed by atoms with Crippen LogP contribution in [0.25, 0.3) is 0 Å². The molecular formula is C16H22N2O4. The van der Waals surface area contributed by atoms with Crippen LogP contribution in [0.2, 0.25) is 0 Å². The molecule has 6 nitrogen and oxygen atoms in total. The minimum atomic E-state index is -1.06. The van der Waals surface area contributed by atoms with E-state index in [0.29, 0.717) is 24.4 Å². The second-order valence-electron chi connectivity index (χ2n) is 5.70. The molecule has 1 aromatic rings. The third-order valence-electron chi connectivity index (χ3n) is 4.25. The first kappa shape index (κ1) is 16.4. The predicted octanol–water partition coefficient (Wildman–Crippen LogP) is 1.60. The number of amides is 1. The molecule has 1 saturated heterocycles. The number of carboxylic acid groups (broad SMARTS) is 1. The first-order chi connectivity index (χ1) is 10.5. The summed E-state index contributed by atoms with van der Waals surface area (Å²) >= 11 is 0. The molecule has 0 spiro atoms. The van der Waals surface area contributed by atoms with Gasteiger partial charge in [0.1, 0.15) is 0 Å². The number of aromatic nitrogens is 1. The summed E-state index contributed by atoms with van der Waals surface area (Å²) in [5.74, 6) is -0.575. The molecule has 1 aliphatic heterocycles. The van der Waals surface area contributed by atoms with Crippen LogP contribution in [0.4, 0.5) is 0 Å². The molecule has 1 N–H and O–H groups in total. The number of pyridine rings is 1. The molecule has 0 saturated carbocycles. The van der Waals surface area contributed by atoms with Crippen LogP contribution < -0.4 is 0 Å². The van der Waals surface area contributed by atoms with Gasteiger partial charge >= 0.3 is 5.97 Å².